The molecule has 3 amide bonds. The lowest BCUT2D eigenvalue weighted by molar-refractivity contribution is -0.307. The molecule has 5 N–H and O–H groups in total. The number of carboxylic acids is 1. The second-order valence-electron chi connectivity index (χ2n) is 39.1. The molecular weight excluding hydrogens is 1800 g/mol. The van der Waals surface area contributed by atoms with Gasteiger partial charge in [-0.2, -0.15) is 0 Å². The van der Waals surface area contributed by atoms with E-state index in [-0.39, 0.29) is 117 Å². The van der Waals surface area contributed by atoms with Crippen molar-refractivity contribution in [2.75, 3.05) is 16.0 Å². The predicted octanol–water partition coefficient (Wildman–Crippen LogP) is 24.0. The number of amides is 3. The summed E-state index contributed by atoms with van der Waals surface area (Å²) in [5, 5.41) is 40.9. The topological polar surface area (TPSA) is 272 Å². The number of carbonyl (C=O) groups excluding carboxylic acids is 6. The van der Waals surface area contributed by atoms with Crippen LogP contribution < -0.4 is 26.5 Å². The molecule has 21 nitrogen and oxygen atoms in total. The fourth-order valence-corrected chi connectivity index (χ4v) is 18.7. The van der Waals surface area contributed by atoms with Crippen LogP contribution in [0.25, 0.3) is 67.2 Å². The maximum absolute atomic E-state index is 14.5. The van der Waals surface area contributed by atoms with Gasteiger partial charge in [0.15, 0.2) is 5.79 Å². The molecule has 2 aliphatic heterocycles. The van der Waals surface area contributed by atoms with Gasteiger partial charge < -0.3 is 78.0 Å². The van der Waals surface area contributed by atoms with Crippen molar-refractivity contribution in [1.82, 2.24) is 13.7 Å². The van der Waals surface area contributed by atoms with Crippen molar-refractivity contribution < 1.29 is 85.5 Å². The van der Waals surface area contributed by atoms with Gasteiger partial charge in [-0.25, -0.2) is 13.2 Å². The van der Waals surface area contributed by atoms with E-state index in [0.717, 1.165) is 72.9 Å². The molecule has 0 aliphatic carbocycles. The van der Waals surface area contributed by atoms with E-state index < -0.39 is 60.6 Å². The fraction of sp³-hybridized carbons (Fsp3) is 0.333. The third-order valence-corrected chi connectivity index (χ3v) is 24.1. The fourth-order valence-electron chi connectivity index (χ4n) is 18.7. The summed E-state index contributed by atoms with van der Waals surface area (Å²) < 4.78 is 85.8. The number of aromatic nitrogens is 3. The number of rotatable bonds is 33. The van der Waals surface area contributed by atoms with Gasteiger partial charge in [0.2, 0.25) is 0 Å². The molecule has 6 unspecified atom stereocenters. The van der Waals surface area contributed by atoms with Crippen LogP contribution in [0, 0.1) is 17.5 Å². The van der Waals surface area contributed by atoms with Crippen molar-refractivity contribution in [2.45, 2.75) is 253 Å². The normalized spacial score (nSPS) is 15.6. The van der Waals surface area contributed by atoms with E-state index in [1.165, 1.54) is 36.4 Å². The Hall–Kier alpha value is -13.5. The van der Waals surface area contributed by atoms with Crippen LogP contribution in [0.3, 0.4) is 0 Å². The molecule has 13 aromatic rings. The maximum atomic E-state index is 14.5. The lowest BCUT2D eigenvalue weighted by Crippen LogP contribution is -2.49. The van der Waals surface area contributed by atoms with Gasteiger partial charge in [-0.15, -0.1) is 0 Å². The largest absolute Gasteiger partial charge is 0.550 e. The van der Waals surface area contributed by atoms with Crippen LogP contribution in [0.5, 0.6) is 0 Å². The molecule has 5 heterocycles. The maximum Gasteiger partial charge on any atom is 0.494 e. The van der Waals surface area contributed by atoms with Crippen LogP contribution in [-0.2, 0) is 62.3 Å². The van der Waals surface area contributed by atoms with Gasteiger partial charge in [0.25, 0.3) is 17.7 Å². The predicted molar refractivity (Wildman–Crippen MR) is 554 cm³/mol. The number of anilines is 3. The first-order valence-corrected chi connectivity index (χ1v) is 48.4. The zero-order valence-corrected chi connectivity index (χ0v) is 82.6. The summed E-state index contributed by atoms with van der Waals surface area (Å²) in [6.45, 7) is 28.4. The Morgan fingerprint density at radius 1 is 0.408 bits per heavy atom. The summed E-state index contributed by atoms with van der Waals surface area (Å²) in [5.41, 5.74) is 15.2. The van der Waals surface area contributed by atoms with Crippen molar-refractivity contribution in [3.05, 3.63) is 336 Å². The number of nitrogens with zero attached hydrogens (tertiary/aromatic N) is 3. The lowest BCUT2D eigenvalue weighted by Gasteiger charge is -2.41. The van der Waals surface area contributed by atoms with Gasteiger partial charge >= 0.3 is 19.1 Å². The smallest absolute Gasteiger partial charge is 0.494 e. The first-order chi connectivity index (χ1) is 67.3. The molecule has 15 rings (SSSR count). The number of hydrogen-bond donors (Lipinski definition) is 5. The van der Waals surface area contributed by atoms with Gasteiger partial charge in [0.05, 0.1) is 77.1 Å². The number of carboxylic acid groups (broad SMARTS) is 1. The van der Waals surface area contributed by atoms with Crippen molar-refractivity contribution in [1.29, 1.82) is 0 Å². The minimum Gasteiger partial charge on any atom is -0.550 e. The Morgan fingerprint density at radius 3 is 1.04 bits per heavy atom. The number of carbonyl (C=O) groups is 6. The summed E-state index contributed by atoms with van der Waals surface area (Å²) in [6.07, 6.45) is -1.68. The number of aliphatic hydroxyl groups is 2. The third kappa shape index (κ3) is 28.7. The number of esters is 2. The van der Waals surface area contributed by atoms with Crippen LogP contribution in [-0.4, -0.2) is 120 Å². The Morgan fingerprint density at radius 2 is 0.704 bits per heavy atom. The van der Waals surface area contributed by atoms with Crippen molar-refractivity contribution in [3.8, 4) is 67.2 Å². The molecule has 0 bridgehead atoms. The van der Waals surface area contributed by atoms with Crippen LogP contribution in [0.15, 0.2) is 285 Å². The van der Waals surface area contributed by atoms with Crippen LogP contribution in [0.1, 0.15) is 228 Å². The minimum absolute atomic E-state index is 0. The monoisotopic (exact) mass is 1930 g/mol. The van der Waals surface area contributed by atoms with Gasteiger partial charge in [-0.05, 0) is 253 Å². The molecule has 0 radical (unpaired) electrons. The number of ether oxygens (including phenoxy) is 4. The summed E-state index contributed by atoms with van der Waals surface area (Å²) in [4.78, 5) is 79.4. The summed E-state index contributed by atoms with van der Waals surface area (Å²) in [7, 11) is -0.662. The summed E-state index contributed by atoms with van der Waals surface area (Å²) in [6, 6.07) is 85.9. The first kappa shape index (κ1) is 107. The Labute approximate surface area is 832 Å². The van der Waals surface area contributed by atoms with Crippen molar-refractivity contribution >= 4 is 65.3 Å². The number of nitrogens with one attached hydrogen (secondary N) is 3. The molecule has 0 spiro atoms. The van der Waals surface area contributed by atoms with E-state index in [0.29, 0.717) is 89.3 Å². The number of aliphatic hydroxyl groups excluding tert-OH is 2. The number of para-hydroxylation sites is 3. The van der Waals surface area contributed by atoms with Crippen LogP contribution >= 0.6 is 0 Å². The number of benzene rings is 10. The molecule has 10 aromatic carbocycles. The molecule has 2 saturated heterocycles. The second kappa shape index (κ2) is 48.8. The van der Waals surface area contributed by atoms with E-state index in [9.17, 15) is 57.3 Å². The lowest BCUT2D eigenvalue weighted by atomic mass is 9.76. The highest BCUT2D eigenvalue weighted by atomic mass is 19.1. The highest BCUT2D eigenvalue weighted by Crippen LogP contribution is 2.48. The molecular formula is C117H131BF3N6O15-. The molecule has 0 saturated carbocycles. The van der Waals surface area contributed by atoms with E-state index in [4.69, 9.17) is 28.3 Å². The highest BCUT2D eigenvalue weighted by molar-refractivity contribution is 6.61. The van der Waals surface area contributed by atoms with Crippen molar-refractivity contribution in [2.24, 2.45) is 0 Å². The van der Waals surface area contributed by atoms with Gasteiger partial charge in [-0.3, -0.25) is 24.0 Å². The zero-order valence-electron chi connectivity index (χ0n) is 82.6. The van der Waals surface area contributed by atoms with E-state index in [1.54, 1.807) is 48.5 Å². The molecule has 6 atom stereocenters. The molecule has 25 heteroatoms. The number of aliphatic carboxylic acids is 1. The molecule has 3 aromatic heterocycles. The van der Waals surface area contributed by atoms with Crippen LogP contribution in [0.2, 0.25) is 0 Å². The zero-order chi connectivity index (χ0) is 101. The quantitative estimate of drug-likeness (QED) is 0.0189. The van der Waals surface area contributed by atoms with E-state index in [1.807, 2.05) is 274 Å². The Balaban J connectivity index is 0.000000191. The molecule has 142 heavy (non-hydrogen) atoms. The SMILES string of the molecule is C.CC(C)c1c(C(=O)Nc2ccccc2)c(-c2ccccc2)c(-c2ccc(F)cc2)n1CCC(O)CC(O)CC(=O)[O-].CC(C)c1c(C(=O)Nc2ccccc2)c(-c2ccccc2)c(-c2ccc(F)cc2)n1CCC1CC(CC(=O)OC(C)(C)C)OB(c2ccccc2)O1.CC(C)c1c(C(=O)Nc2ccccc2)c(-c2ccccc2)c(-c2ccc(F)cc2)n1CCC1CC(CC(=O)OC(C)(C)C)OC(C)(C)O1. The van der Waals surface area contributed by atoms with E-state index in [2.05, 4.69) is 52.8 Å². The average molecular weight is 1930 g/mol. The number of hydrogen-bond acceptors (Lipinski definition) is 15. The van der Waals surface area contributed by atoms with Gasteiger partial charge in [0, 0.05) is 95.4 Å². The summed E-state index contributed by atoms with van der Waals surface area (Å²) >= 11 is 0. The Kier molecular flexibility index (Phi) is 36.9. The van der Waals surface area contributed by atoms with Gasteiger partial charge in [0.1, 0.15) is 28.7 Å². The summed E-state index contributed by atoms with van der Waals surface area (Å²) in [5.74, 6) is -4.94. The minimum atomic E-state index is -1.39. The number of halogens is 3. The molecule has 744 valence electrons. The third-order valence-electron chi connectivity index (χ3n) is 24.1. The highest BCUT2D eigenvalue weighted by Gasteiger charge is 2.42. The molecule has 2 aliphatic rings. The van der Waals surface area contributed by atoms with Crippen LogP contribution in [0.4, 0.5) is 30.2 Å². The first-order valence-electron chi connectivity index (χ1n) is 48.4. The van der Waals surface area contributed by atoms with Crippen molar-refractivity contribution in [3.63, 3.8) is 0 Å². The second-order valence-corrected chi connectivity index (χ2v) is 39.1. The standard InChI is InChI=1S/C43H46BFN2O5.C40H47FN2O5.C33H35FN2O5.CH4/c1-29(2)40-39(42(49)46-34-19-13-8-14-20-34)38(30-15-9-6-10-16-30)41(31-21-23-33(45)24-22-31)47(40)26-25-35-27-36(28-37(48)50-43(3,4)5)52-44(51-35)32-17-11-7-12-18-32;1-26(2)36-35(38(45)42-30-16-12-9-13-17-30)34(27-14-10-8-11-15-27)37(28-18-20-29(41)21-19-28)43(36)23-22-31-24-32(47-40(6,7)46-31)25-33(44)48-39(3,4)5;1-21(2)31-30(33(41)35-25-11-7-4-8-12-25)29(22-9-5-3-6-10-22)32(23-13-15-24(34)16-14-23)36(31)18-17-26(37)19-27(38)20-28(39)40;/h6-24,29,35-36H,25-28H2,1-5H3,(H,46,49);8-21,26,31-32H,22-25H2,1-7H3,(H,42,45);3-16,21,26-27,37-38H,17-20H2,1-2H3,(H,35,41)(H,39,40);1H4/p-1. The van der Waals surface area contributed by atoms with E-state index >= 15 is 0 Å². The Bertz CT molecular complexity index is 6350. The van der Waals surface area contributed by atoms with Gasteiger partial charge in [-0.1, -0.05) is 225 Å². The average Bonchev–Trinajstić information content (AvgIpc) is 1.60. The molecule has 2 fully saturated rings.